The quantitative estimate of drug-likeness (QED) is 0.359. The molecule has 2 N–H and O–H groups in total. The highest BCUT2D eigenvalue weighted by Crippen LogP contribution is 2.27. The van der Waals surface area contributed by atoms with Gasteiger partial charge in [0.15, 0.2) is 5.96 Å². The van der Waals surface area contributed by atoms with E-state index < -0.39 is 12.7 Å². The third-order valence-corrected chi connectivity index (χ3v) is 5.12. The number of benzene rings is 1. The summed E-state index contributed by atoms with van der Waals surface area (Å²) < 4.78 is 37.8. The number of rotatable bonds is 4. The first kappa shape index (κ1) is 23.8. The van der Waals surface area contributed by atoms with Gasteiger partial charge in [-0.05, 0) is 25.5 Å². The Labute approximate surface area is 186 Å². The standard InChI is InChI=1S/C19H28F3N5O.HI/c1-2-23-18(24-15-7-8-25(13-15)14-19(20,21)22)27-11-9-26(10-12-27)16-5-3-4-6-17(16)28;/h3-6,15,28H,2,7-14H2,1H3,(H,23,24);1H. The average molecular weight is 527 g/mol. The van der Waals surface area contributed by atoms with Gasteiger partial charge in [0.25, 0.3) is 0 Å². The second-order valence-electron chi connectivity index (χ2n) is 7.24. The average Bonchev–Trinajstić information content (AvgIpc) is 3.07. The maximum Gasteiger partial charge on any atom is 0.401 e. The molecular weight excluding hydrogens is 498 g/mol. The van der Waals surface area contributed by atoms with Crippen molar-refractivity contribution in [1.82, 2.24) is 15.1 Å². The minimum Gasteiger partial charge on any atom is -0.506 e. The van der Waals surface area contributed by atoms with Gasteiger partial charge in [-0.25, -0.2) is 0 Å². The Morgan fingerprint density at radius 2 is 1.86 bits per heavy atom. The summed E-state index contributed by atoms with van der Waals surface area (Å²) in [6, 6.07) is 7.26. The van der Waals surface area contributed by atoms with Crippen LogP contribution in [0, 0.1) is 0 Å². The summed E-state index contributed by atoms with van der Waals surface area (Å²) in [5.41, 5.74) is 0.822. The number of hydrogen-bond donors (Lipinski definition) is 2. The number of piperazine rings is 1. The summed E-state index contributed by atoms with van der Waals surface area (Å²) in [5.74, 6) is 1.03. The number of alkyl halides is 3. The number of anilines is 1. The molecular formula is C19H29F3IN5O. The Balaban J connectivity index is 0.00000300. The fourth-order valence-corrected chi connectivity index (χ4v) is 3.81. The van der Waals surface area contributed by atoms with Crippen molar-refractivity contribution in [2.75, 3.05) is 57.3 Å². The van der Waals surface area contributed by atoms with Crippen molar-refractivity contribution in [3.05, 3.63) is 24.3 Å². The molecule has 10 heteroatoms. The second-order valence-corrected chi connectivity index (χ2v) is 7.24. The Bertz CT molecular complexity index is 680. The van der Waals surface area contributed by atoms with E-state index in [-0.39, 0.29) is 35.8 Å². The van der Waals surface area contributed by atoms with E-state index in [0.29, 0.717) is 26.1 Å². The molecule has 0 saturated carbocycles. The summed E-state index contributed by atoms with van der Waals surface area (Å²) in [6.45, 7) is 5.48. The van der Waals surface area contributed by atoms with Gasteiger partial charge in [0, 0.05) is 51.9 Å². The predicted octanol–water partition coefficient (Wildman–Crippen LogP) is 2.73. The Morgan fingerprint density at radius 3 is 2.48 bits per heavy atom. The van der Waals surface area contributed by atoms with Gasteiger partial charge >= 0.3 is 6.18 Å². The number of likely N-dealkylation sites (tertiary alicyclic amines) is 1. The molecule has 2 heterocycles. The molecule has 0 spiro atoms. The molecule has 2 aliphatic rings. The number of guanidine groups is 1. The molecule has 1 aromatic rings. The third-order valence-electron chi connectivity index (χ3n) is 5.12. The molecule has 2 fully saturated rings. The molecule has 1 aromatic carbocycles. The zero-order valence-corrected chi connectivity index (χ0v) is 18.9. The minimum absolute atomic E-state index is 0. The summed E-state index contributed by atoms with van der Waals surface area (Å²) >= 11 is 0. The number of aliphatic imine (C=N–C) groups is 1. The third kappa shape index (κ3) is 6.80. The number of nitrogens with zero attached hydrogens (tertiary/aromatic N) is 4. The van der Waals surface area contributed by atoms with Crippen LogP contribution in [0.1, 0.15) is 13.3 Å². The van der Waals surface area contributed by atoms with Gasteiger partial charge in [-0.1, -0.05) is 12.1 Å². The smallest absolute Gasteiger partial charge is 0.401 e. The maximum absolute atomic E-state index is 12.6. The van der Waals surface area contributed by atoms with Gasteiger partial charge in [0.1, 0.15) is 5.75 Å². The van der Waals surface area contributed by atoms with Gasteiger partial charge < -0.3 is 20.2 Å². The van der Waals surface area contributed by atoms with Crippen LogP contribution in [0.15, 0.2) is 29.3 Å². The Kier molecular flexibility index (Phi) is 8.68. The summed E-state index contributed by atoms with van der Waals surface area (Å²) in [5, 5.41) is 13.4. The first-order valence-corrected chi connectivity index (χ1v) is 9.73. The molecule has 0 radical (unpaired) electrons. The molecule has 3 rings (SSSR count). The van der Waals surface area contributed by atoms with E-state index in [9.17, 15) is 18.3 Å². The Morgan fingerprint density at radius 1 is 1.17 bits per heavy atom. The van der Waals surface area contributed by atoms with Crippen LogP contribution in [0.2, 0.25) is 0 Å². The molecule has 0 bridgehead atoms. The van der Waals surface area contributed by atoms with E-state index in [0.717, 1.165) is 37.8 Å². The molecule has 164 valence electrons. The van der Waals surface area contributed by atoms with Crippen LogP contribution in [0.4, 0.5) is 18.9 Å². The molecule has 2 aliphatic heterocycles. The van der Waals surface area contributed by atoms with E-state index in [4.69, 9.17) is 0 Å². The summed E-state index contributed by atoms with van der Waals surface area (Å²) in [6.07, 6.45) is -3.48. The zero-order chi connectivity index (χ0) is 20.1. The lowest BCUT2D eigenvalue weighted by atomic mass is 10.2. The second kappa shape index (κ2) is 10.6. The van der Waals surface area contributed by atoms with Gasteiger partial charge in [-0.2, -0.15) is 13.2 Å². The van der Waals surface area contributed by atoms with E-state index in [1.165, 1.54) is 4.90 Å². The van der Waals surface area contributed by atoms with E-state index in [1.807, 2.05) is 19.1 Å². The van der Waals surface area contributed by atoms with Crippen molar-refractivity contribution in [2.24, 2.45) is 4.99 Å². The van der Waals surface area contributed by atoms with Crippen molar-refractivity contribution < 1.29 is 18.3 Å². The van der Waals surface area contributed by atoms with Crippen molar-refractivity contribution in [2.45, 2.75) is 25.6 Å². The van der Waals surface area contributed by atoms with Gasteiger partial charge in [0.2, 0.25) is 0 Å². The van der Waals surface area contributed by atoms with Crippen LogP contribution in [0.3, 0.4) is 0 Å². The number of nitrogens with one attached hydrogen (secondary N) is 1. The highest BCUT2D eigenvalue weighted by atomic mass is 127. The summed E-state index contributed by atoms with van der Waals surface area (Å²) in [4.78, 5) is 10.3. The van der Waals surface area contributed by atoms with Crippen molar-refractivity contribution >= 4 is 35.6 Å². The zero-order valence-electron chi connectivity index (χ0n) is 16.5. The lowest BCUT2D eigenvalue weighted by Gasteiger charge is -2.38. The monoisotopic (exact) mass is 527 g/mol. The largest absolute Gasteiger partial charge is 0.506 e. The first-order valence-electron chi connectivity index (χ1n) is 9.73. The highest BCUT2D eigenvalue weighted by molar-refractivity contribution is 14.0. The molecule has 0 amide bonds. The van der Waals surface area contributed by atoms with Crippen molar-refractivity contribution in [3.63, 3.8) is 0 Å². The van der Waals surface area contributed by atoms with Crippen LogP contribution in [-0.2, 0) is 0 Å². The molecule has 29 heavy (non-hydrogen) atoms. The van der Waals surface area contributed by atoms with Crippen LogP contribution in [-0.4, -0.2) is 85.4 Å². The normalized spacial score (nSPS) is 21.2. The van der Waals surface area contributed by atoms with Crippen molar-refractivity contribution in [1.29, 1.82) is 0 Å². The lowest BCUT2D eigenvalue weighted by molar-refractivity contribution is -0.143. The molecule has 0 aromatic heterocycles. The van der Waals surface area contributed by atoms with Crippen LogP contribution < -0.4 is 10.2 Å². The fraction of sp³-hybridized carbons (Fsp3) is 0.632. The Hall–Kier alpha value is -1.43. The van der Waals surface area contributed by atoms with E-state index in [1.54, 1.807) is 12.1 Å². The number of halogens is 4. The minimum atomic E-state index is -4.16. The molecule has 1 unspecified atom stereocenters. The maximum atomic E-state index is 12.6. The SMILES string of the molecule is CCN=C(NC1CCN(CC(F)(F)F)C1)N1CCN(c2ccccc2O)CC1.I. The predicted molar refractivity (Wildman–Crippen MR) is 119 cm³/mol. The number of para-hydroxylation sites is 2. The highest BCUT2D eigenvalue weighted by Gasteiger charge is 2.35. The van der Waals surface area contributed by atoms with Gasteiger partial charge in [-0.15, -0.1) is 24.0 Å². The number of phenolic OH excluding ortho intramolecular Hbond substituents is 1. The molecule has 6 nitrogen and oxygen atoms in total. The van der Waals surface area contributed by atoms with Crippen LogP contribution >= 0.6 is 24.0 Å². The number of phenols is 1. The van der Waals surface area contributed by atoms with E-state index in [2.05, 4.69) is 20.1 Å². The molecule has 1 atom stereocenters. The van der Waals surface area contributed by atoms with E-state index >= 15 is 0 Å². The lowest BCUT2D eigenvalue weighted by Crippen LogP contribution is -2.54. The fourth-order valence-electron chi connectivity index (χ4n) is 3.81. The molecule has 0 aliphatic carbocycles. The number of aromatic hydroxyl groups is 1. The number of hydrogen-bond acceptors (Lipinski definition) is 4. The van der Waals surface area contributed by atoms with Gasteiger partial charge in [0.05, 0.1) is 12.2 Å². The van der Waals surface area contributed by atoms with Crippen LogP contribution in [0.25, 0.3) is 0 Å². The summed E-state index contributed by atoms with van der Waals surface area (Å²) in [7, 11) is 0. The van der Waals surface area contributed by atoms with Crippen molar-refractivity contribution in [3.8, 4) is 5.75 Å². The molecule has 2 saturated heterocycles. The first-order chi connectivity index (χ1) is 13.4. The van der Waals surface area contributed by atoms with Crippen LogP contribution in [0.5, 0.6) is 5.75 Å². The topological polar surface area (TPSA) is 54.3 Å². The van der Waals surface area contributed by atoms with Gasteiger partial charge in [-0.3, -0.25) is 9.89 Å².